The number of nitrogens with zero attached hydrogens (tertiary/aromatic N) is 1. The molecule has 0 atom stereocenters. The molecule has 0 aliphatic carbocycles. The Hall–Kier alpha value is -1.42. The minimum atomic E-state index is -3.67. The van der Waals surface area contributed by atoms with Crippen molar-refractivity contribution >= 4 is 10.0 Å². The van der Waals surface area contributed by atoms with E-state index in [2.05, 4.69) is 11.8 Å². The second-order valence-corrected chi connectivity index (χ2v) is 6.64. The summed E-state index contributed by atoms with van der Waals surface area (Å²) in [6, 6.07) is 3.69. The van der Waals surface area contributed by atoms with Gasteiger partial charge in [-0.3, -0.25) is 0 Å². The molecule has 0 aliphatic rings. The predicted molar refractivity (Wildman–Crippen MR) is 79.7 cm³/mol. The van der Waals surface area contributed by atoms with Crippen molar-refractivity contribution in [2.45, 2.75) is 31.1 Å². The van der Waals surface area contributed by atoms with Gasteiger partial charge < -0.3 is 5.11 Å². The van der Waals surface area contributed by atoms with Gasteiger partial charge in [0, 0.05) is 20.0 Å². The van der Waals surface area contributed by atoms with Crippen LogP contribution in [0.25, 0.3) is 0 Å². The van der Waals surface area contributed by atoms with E-state index in [0.29, 0.717) is 6.54 Å². The van der Waals surface area contributed by atoms with Gasteiger partial charge in [0.05, 0.1) is 17.1 Å². The molecule has 0 unspecified atom stereocenters. The third kappa shape index (κ3) is 4.81. The summed E-state index contributed by atoms with van der Waals surface area (Å²) in [5.74, 6) is 4.49. The van der Waals surface area contributed by atoms with E-state index in [4.69, 9.17) is 5.11 Å². The fourth-order valence-electron chi connectivity index (χ4n) is 1.65. The van der Waals surface area contributed by atoms with Crippen molar-refractivity contribution in [1.82, 2.24) is 4.31 Å². The fourth-order valence-corrected chi connectivity index (χ4v) is 2.87. The molecule has 1 aromatic rings. The Balaban J connectivity index is 3.00. The van der Waals surface area contributed by atoms with Crippen LogP contribution in [0.5, 0.6) is 0 Å². The van der Waals surface area contributed by atoms with Gasteiger partial charge in [-0.25, -0.2) is 17.1 Å². The maximum Gasteiger partial charge on any atom is 0.242 e. The van der Waals surface area contributed by atoms with E-state index in [1.807, 2.05) is 6.92 Å². The zero-order chi connectivity index (χ0) is 15.9. The number of sulfonamides is 1. The van der Waals surface area contributed by atoms with Gasteiger partial charge in [-0.2, -0.15) is 0 Å². The Bertz CT molecular complexity index is 632. The molecule has 0 aromatic heterocycles. The van der Waals surface area contributed by atoms with Crippen LogP contribution in [0.3, 0.4) is 0 Å². The van der Waals surface area contributed by atoms with Gasteiger partial charge in [0.1, 0.15) is 5.82 Å². The van der Waals surface area contributed by atoms with Crippen LogP contribution in [0, 0.1) is 17.7 Å². The molecular weight excluding hydrogens is 293 g/mol. The number of unbranched alkanes of at least 4 members (excludes halogenated alkanes) is 1. The van der Waals surface area contributed by atoms with Crippen LogP contribution in [-0.2, 0) is 10.0 Å². The maximum absolute atomic E-state index is 13.9. The lowest BCUT2D eigenvalue weighted by molar-refractivity contribution is 0.305. The van der Waals surface area contributed by atoms with Crippen molar-refractivity contribution in [2.75, 3.05) is 20.2 Å². The molecule has 6 heteroatoms. The fraction of sp³-hybridized carbons (Fsp3) is 0.467. The zero-order valence-electron chi connectivity index (χ0n) is 12.3. The summed E-state index contributed by atoms with van der Waals surface area (Å²) >= 11 is 0. The first kappa shape index (κ1) is 17.6. The van der Waals surface area contributed by atoms with Crippen LogP contribution in [0.15, 0.2) is 23.1 Å². The SMILES string of the molecule is CCCCN(C)S(=O)(=O)c1ccc(C#CCCO)c(F)c1. The third-order valence-electron chi connectivity index (χ3n) is 2.94. The lowest BCUT2D eigenvalue weighted by Gasteiger charge is -2.16. The summed E-state index contributed by atoms with van der Waals surface area (Å²) < 4.78 is 39.6. The van der Waals surface area contributed by atoms with Crippen LogP contribution in [-0.4, -0.2) is 38.0 Å². The summed E-state index contributed by atoms with van der Waals surface area (Å²) in [6.07, 6.45) is 1.88. The molecular formula is C15H20FNO3S. The number of hydrogen-bond donors (Lipinski definition) is 1. The first-order valence-corrected chi connectivity index (χ1v) is 8.23. The number of benzene rings is 1. The molecule has 0 radical (unpaired) electrons. The topological polar surface area (TPSA) is 57.6 Å². The van der Waals surface area contributed by atoms with E-state index in [-0.39, 0.29) is 23.5 Å². The largest absolute Gasteiger partial charge is 0.395 e. The molecule has 0 heterocycles. The van der Waals surface area contributed by atoms with Crippen LogP contribution >= 0.6 is 0 Å². The molecule has 21 heavy (non-hydrogen) atoms. The molecule has 0 fully saturated rings. The average molecular weight is 313 g/mol. The summed E-state index contributed by atoms with van der Waals surface area (Å²) in [5, 5.41) is 8.62. The number of halogens is 1. The number of hydrogen-bond acceptors (Lipinski definition) is 3. The predicted octanol–water partition coefficient (Wildman–Crippen LogP) is 1.98. The van der Waals surface area contributed by atoms with Gasteiger partial charge in [-0.1, -0.05) is 25.2 Å². The highest BCUT2D eigenvalue weighted by molar-refractivity contribution is 7.89. The van der Waals surface area contributed by atoms with Crippen molar-refractivity contribution in [2.24, 2.45) is 0 Å². The molecule has 1 N–H and O–H groups in total. The molecule has 0 spiro atoms. The third-order valence-corrected chi connectivity index (χ3v) is 4.79. The molecule has 0 saturated heterocycles. The molecule has 0 saturated carbocycles. The van der Waals surface area contributed by atoms with Gasteiger partial charge in [-0.05, 0) is 24.6 Å². The highest BCUT2D eigenvalue weighted by atomic mass is 32.2. The highest BCUT2D eigenvalue weighted by Gasteiger charge is 2.21. The average Bonchev–Trinajstić information content (AvgIpc) is 2.46. The minimum absolute atomic E-state index is 0.0775. The Kier molecular flexibility index (Phi) is 6.82. The number of aliphatic hydroxyl groups is 1. The first-order valence-electron chi connectivity index (χ1n) is 6.79. The summed E-state index contributed by atoms with van der Waals surface area (Å²) in [4.78, 5) is -0.0775. The van der Waals surface area contributed by atoms with Gasteiger partial charge >= 0.3 is 0 Å². The summed E-state index contributed by atoms with van der Waals surface area (Å²) in [7, 11) is -2.19. The van der Waals surface area contributed by atoms with Crippen LogP contribution in [0.1, 0.15) is 31.7 Å². The van der Waals surface area contributed by atoms with E-state index in [0.717, 1.165) is 18.9 Å². The summed E-state index contributed by atoms with van der Waals surface area (Å²) in [5.41, 5.74) is 0.124. The van der Waals surface area contributed by atoms with Crippen molar-refractivity contribution in [3.63, 3.8) is 0 Å². The number of rotatable bonds is 6. The van der Waals surface area contributed by atoms with Crippen molar-refractivity contribution in [3.05, 3.63) is 29.6 Å². The Labute approximate surface area is 125 Å². The second-order valence-electron chi connectivity index (χ2n) is 4.60. The molecule has 1 aromatic carbocycles. The van der Waals surface area contributed by atoms with Gasteiger partial charge in [0.25, 0.3) is 0 Å². The Morgan fingerprint density at radius 3 is 2.67 bits per heavy atom. The molecule has 4 nitrogen and oxygen atoms in total. The lowest BCUT2D eigenvalue weighted by Crippen LogP contribution is -2.28. The van der Waals surface area contributed by atoms with Crippen LogP contribution in [0.2, 0.25) is 0 Å². The molecule has 0 bridgehead atoms. The Morgan fingerprint density at radius 2 is 2.10 bits per heavy atom. The van der Waals surface area contributed by atoms with E-state index >= 15 is 0 Å². The summed E-state index contributed by atoms with van der Waals surface area (Å²) in [6.45, 7) is 2.28. The molecule has 0 amide bonds. The van der Waals surface area contributed by atoms with Crippen molar-refractivity contribution in [1.29, 1.82) is 0 Å². The lowest BCUT2D eigenvalue weighted by atomic mass is 10.2. The van der Waals surface area contributed by atoms with Crippen molar-refractivity contribution in [3.8, 4) is 11.8 Å². The van der Waals surface area contributed by atoms with E-state index in [1.54, 1.807) is 0 Å². The van der Waals surface area contributed by atoms with Crippen LogP contribution < -0.4 is 0 Å². The van der Waals surface area contributed by atoms with E-state index in [9.17, 15) is 12.8 Å². The molecule has 1 rings (SSSR count). The molecule has 0 aliphatic heterocycles. The second kappa shape index (κ2) is 8.13. The highest BCUT2D eigenvalue weighted by Crippen LogP contribution is 2.18. The van der Waals surface area contributed by atoms with E-state index < -0.39 is 15.8 Å². The minimum Gasteiger partial charge on any atom is -0.395 e. The number of aliphatic hydroxyl groups excluding tert-OH is 1. The Morgan fingerprint density at radius 1 is 1.38 bits per heavy atom. The quantitative estimate of drug-likeness (QED) is 0.817. The van der Waals surface area contributed by atoms with E-state index in [1.165, 1.54) is 23.5 Å². The normalized spacial score (nSPS) is 11.3. The monoisotopic (exact) mass is 313 g/mol. The maximum atomic E-state index is 13.9. The molecule has 116 valence electrons. The van der Waals surface area contributed by atoms with Gasteiger partial charge in [0.15, 0.2) is 0 Å². The van der Waals surface area contributed by atoms with Crippen LogP contribution in [0.4, 0.5) is 4.39 Å². The van der Waals surface area contributed by atoms with Gasteiger partial charge in [0.2, 0.25) is 10.0 Å². The first-order chi connectivity index (χ1) is 9.93. The van der Waals surface area contributed by atoms with Crippen molar-refractivity contribution < 1.29 is 17.9 Å². The smallest absolute Gasteiger partial charge is 0.242 e. The van der Waals surface area contributed by atoms with Gasteiger partial charge in [-0.15, -0.1) is 0 Å². The standard InChI is InChI=1S/C15H20FNO3S/c1-3-4-10-17(2)21(19,20)14-9-8-13(15(16)12-14)7-5-6-11-18/h8-9,12,18H,3-4,6,10-11H2,1-2H3. The zero-order valence-corrected chi connectivity index (χ0v) is 13.1.